The molecule has 0 fully saturated rings. The topological polar surface area (TPSA) is 118 Å². The first-order chi connectivity index (χ1) is 13.3. The van der Waals surface area contributed by atoms with Crippen molar-refractivity contribution in [2.24, 2.45) is 0 Å². The Hall–Kier alpha value is -3.72. The van der Waals surface area contributed by atoms with Gasteiger partial charge in [0.25, 0.3) is 21.6 Å². The molecular weight excluding hydrogens is 382 g/mol. The number of hydrogen-bond acceptors (Lipinski definition) is 5. The molecule has 3 rings (SSSR count). The molecule has 9 heteroatoms. The van der Waals surface area contributed by atoms with E-state index in [-0.39, 0.29) is 21.8 Å². The monoisotopic (exact) mass is 397 g/mol. The molecule has 0 atom stereocenters. The van der Waals surface area contributed by atoms with Gasteiger partial charge in [0.2, 0.25) is 0 Å². The van der Waals surface area contributed by atoms with Gasteiger partial charge in [0, 0.05) is 23.4 Å². The van der Waals surface area contributed by atoms with Gasteiger partial charge in [-0.3, -0.25) is 19.6 Å². The minimum Gasteiger partial charge on any atom is -0.322 e. The molecule has 0 unspecified atom stereocenters. The normalized spacial score (nSPS) is 10.9. The first-order valence-corrected chi connectivity index (χ1v) is 9.57. The number of nitrogens with zero attached hydrogens (tertiary/aromatic N) is 1. The molecule has 2 N–H and O–H groups in total. The van der Waals surface area contributed by atoms with E-state index < -0.39 is 20.9 Å². The van der Waals surface area contributed by atoms with Crippen molar-refractivity contribution in [3.05, 3.63) is 94.5 Å². The number of rotatable bonds is 6. The fourth-order valence-corrected chi connectivity index (χ4v) is 3.48. The summed E-state index contributed by atoms with van der Waals surface area (Å²) in [5.41, 5.74) is 0.775. The van der Waals surface area contributed by atoms with Crippen LogP contribution in [0.5, 0.6) is 0 Å². The summed E-state index contributed by atoms with van der Waals surface area (Å²) >= 11 is 0. The lowest BCUT2D eigenvalue weighted by Crippen LogP contribution is -2.14. The smallest absolute Gasteiger partial charge is 0.269 e. The zero-order chi connectivity index (χ0) is 20.1. The van der Waals surface area contributed by atoms with Crippen LogP contribution >= 0.6 is 0 Å². The Bertz CT molecular complexity index is 1110. The number of amides is 1. The Kier molecular flexibility index (Phi) is 5.37. The molecule has 142 valence electrons. The Morgan fingerprint density at radius 2 is 1.50 bits per heavy atom. The van der Waals surface area contributed by atoms with Crippen molar-refractivity contribution in [3.63, 3.8) is 0 Å². The Balaban J connectivity index is 1.74. The second-order valence-corrected chi connectivity index (χ2v) is 7.44. The van der Waals surface area contributed by atoms with Crippen LogP contribution in [0.3, 0.4) is 0 Å². The molecule has 0 spiro atoms. The fraction of sp³-hybridized carbons (Fsp3) is 0. The lowest BCUT2D eigenvalue weighted by molar-refractivity contribution is -0.384. The third-order valence-electron chi connectivity index (χ3n) is 3.77. The summed E-state index contributed by atoms with van der Waals surface area (Å²) in [6.45, 7) is 0. The molecule has 0 aliphatic carbocycles. The molecule has 3 aromatic carbocycles. The highest BCUT2D eigenvalue weighted by Crippen LogP contribution is 2.20. The van der Waals surface area contributed by atoms with Gasteiger partial charge in [-0.15, -0.1) is 0 Å². The van der Waals surface area contributed by atoms with Crippen LogP contribution in [0, 0.1) is 10.1 Å². The van der Waals surface area contributed by atoms with E-state index >= 15 is 0 Å². The van der Waals surface area contributed by atoms with Gasteiger partial charge in [-0.05, 0) is 42.5 Å². The van der Waals surface area contributed by atoms with E-state index in [9.17, 15) is 23.3 Å². The highest BCUT2D eigenvalue weighted by molar-refractivity contribution is 7.92. The van der Waals surface area contributed by atoms with Gasteiger partial charge in [0.05, 0.1) is 15.5 Å². The summed E-state index contributed by atoms with van der Waals surface area (Å²) in [5.74, 6) is -0.474. The van der Waals surface area contributed by atoms with E-state index in [1.54, 1.807) is 36.4 Å². The van der Waals surface area contributed by atoms with Crippen molar-refractivity contribution in [2.75, 3.05) is 10.0 Å². The van der Waals surface area contributed by atoms with E-state index in [1.165, 1.54) is 42.5 Å². The highest BCUT2D eigenvalue weighted by atomic mass is 32.2. The number of nitrogens with one attached hydrogen (secondary N) is 2. The zero-order valence-corrected chi connectivity index (χ0v) is 15.2. The zero-order valence-electron chi connectivity index (χ0n) is 14.4. The Morgan fingerprint density at radius 3 is 2.14 bits per heavy atom. The van der Waals surface area contributed by atoms with Crippen LogP contribution in [-0.4, -0.2) is 19.2 Å². The molecule has 0 radical (unpaired) electrons. The first-order valence-electron chi connectivity index (χ1n) is 8.09. The van der Waals surface area contributed by atoms with Crippen molar-refractivity contribution >= 4 is 33.0 Å². The van der Waals surface area contributed by atoms with Crippen LogP contribution in [0.25, 0.3) is 0 Å². The predicted molar refractivity (Wildman–Crippen MR) is 105 cm³/mol. The SMILES string of the molecule is O=C(Nc1cccc(NS(=O)(=O)c2ccccc2)c1)c1ccc([N+](=O)[O-])cc1. The molecule has 3 aromatic rings. The number of nitro benzene ring substituents is 1. The summed E-state index contributed by atoms with van der Waals surface area (Å²) in [5, 5.41) is 13.3. The van der Waals surface area contributed by atoms with Crippen LogP contribution in [0.1, 0.15) is 10.4 Å². The summed E-state index contributed by atoms with van der Waals surface area (Å²) in [7, 11) is -3.75. The van der Waals surface area contributed by atoms with Crippen LogP contribution in [0.2, 0.25) is 0 Å². The van der Waals surface area contributed by atoms with E-state index in [2.05, 4.69) is 10.0 Å². The largest absolute Gasteiger partial charge is 0.322 e. The van der Waals surface area contributed by atoms with Gasteiger partial charge >= 0.3 is 0 Å². The van der Waals surface area contributed by atoms with Crippen LogP contribution < -0.4 is 10.0 Å². The number of carbonyl (C=O) groups excluding carboxylic acids is 1. The molecule has 0 saturated heterocycles. The average molecular weight is 397 g/mol. The average Bonchev–Trinajstić information content (AvgIpc) is 2.68. The molecule has 8 nitrogen and oxygen atoms in total. The van der Waals surface area contributed by atoms with E-state index in [0.29, 0.717) is 5.69 Å². The number of hydrogen-bond donors (Lipinski definition) is 2. The van der Waals surface area contributed by atoms with Crippen molar-refractivity contribution in [1.82, 2.24) is 0 Å². The maximum atomic E-state index is 12.4. The third-order valence-corrected chi connectivity index (χ3v) is 5.16. The van der Waals surface area contributed by atoms with Crippen molar-refractivity contribution in [2.45, 2.75) is 4.90 Å². The first kappa shape index (κ1) is 19.1. The van der Waals surface area contributed by atoms with Gasteiger partial charge in [-0.2, -0.15) is 0 Å². The molecule has 0 bridgehead atoms. The molecule has 0 heterocycles. The maximum absolute atomic E-state index is 12.4. The van der Waals surface area contributed by atoms with Crippen molar-refractivity contribution in [1.29, 1.82) is 0 Å². The number of carbonyl (C=O) groups is 1. The van der Waals surface area contributed by atoms with Gasteiger partial charge in [0.1, 0.15) is 0 Å². The lowest BCUT2D eigenvalue weighted by Gasteiger charge is -2.10. The minimum atomic E-state index is -3.75. The molecule has 0 saturated carbocycles. The highest BCUT2D eigenvalue weighted by Gasteiger charge is 2.14. The minimum absolute atomic E-state index is 0.117. The summed E-state index contributed by atoms with van der Waals surface area (Å²) in [4.78, 5) is 22.5. The van der Waals surface area contributed by atoms with E-state index in [0.717, 1.165) is 0 Å². The number of nitro groups is 1. The number of non-ortho nitro benzene ring substituents is 1. The van der Waals surface area contributed by atoms with Gasteiger partial charge in [-0.1, -0.05) is 24.3 Å². The number of benzene rings is 3. The van der Waals surface area contributed by atoms with Crippen LogP contribution in [-0.2, 0) is 10.0 Å². The second-order valence-electron chi connectivity index (χ2n) is 5.76. The molecule has 0 aliphatic rings. The van der Waals surface area contributed by atoms with E-state index in [4.69, 9.17) is 0 Å². The van der Waals surface area contributed by atoms with Gasteiger partial charge in [-0.25, -0.2) is 8.42 Å². The molecular formula is C19H15N3O5S. The molecule has 1 amide bonds. The molecule has 28 heavy (non-hydrogen) atoms. The van der Waals surface area contributed by atoms with Gasteiger partial charge < -0.3 is 5.32 Å². The number of anilines is 2. The van der Waals surface area contributed by atoms with Crippen molar-refractivity contribution in [3.8, 4) is 0 Å². The maximum Gasteiger partial charge on any atom is 0.269 e. The van der Waals surface area contributed by atoms with E-state index in [1.807, 2.05) is 0 Å². The second kappa shape index (κ2) is 7.89. The van der Waals surface area contributed by atoms with Crippen LogP contribution in [0.15, 0.2) is 83.8 Å². The lowest BCUT2D eigenvalue weighted by atomic mass is 10.2. The quantitative estimate of drug-likeness (QED) is 0.486. The van der Waals surface area contributed by atoms with Crippen LogP contribution in [0.4, 0.5) is 17.1 Å². The Morgan fingerprint density at radius 1 is 0.857 bits per heavy atom. The van der Waals surface area contributed by atoms with Crippen molar-refractivity contribution < 1.29 is 18.1 Å². The third kappa shape index (κ3) is 4.51. The van der Waals surface area contributed by atoms with Gasteiger partial charge in [0.15, 0.2) is 0 Å². The summed E-state index contributed by atoms with van der Waals surface area (Å²) in [6.07, 6.45) is 0. The predicted octanol–water partition coefficient (Wildman–Crippen LogP) is 3.65. The standard InChI is InChI=1S/C19H15N3O5S/c23-19(14-9-11-17(12-10-14)22(24)25)20-15-5-4-6-16(13-15)21-28(26,27)18-7-2-1-3-8-18/h1-13,21H,(H,20,23). The fourth-order valence-electron chi connectivity index (χ4n) is 2.41. The summed E-state index contributed by atoms with van der Waals surface area (Å²) in [6, 6.07) is 19.3. The summed E-state index contributed by atoms with van der Waals surface area (Å²) < 4.78 is 27.2. The molecule has 0 aromatic heterocycles. The number of sulfonamides is 1. The Labute approximate surface area is 161 Å². The molecule has 0 aliphatic heterocycles.